The van der Waals surface area contributed by atoms with Crippen molar-refractivity contribution in [2.75, 3.05) is 27.4 Å². The fraction of sp³-hybridized carbons (Fsp3) is 1.00. The van der Waals surface area contributed by atoms with Gasteiger partial charge in [-0.15, -0.1) is 0 Å². The van der Waals surface area contributed by atoms with Gasteiger partial charge in [-0.3, -0.25) is 0 Å². The number of ether oxygens (including phenoxy) is 4. The van der Waals surface area contributed by atoms with Gasteiger partial charge in [0.2, 0.25) is 0 Å². The summed E-state index contributed by atoms with van der Waals surface area (Å²) in [5.74, 6) is 2.51. The van der Waals surface area contributed by atoms with Crippen molar-refractivity contribution >= 4 is 0 Å². The summed E-state index contributed by atoms with van der Waals surface area (Å²) in [5, 5.41) is 0. The molecule has 2 saturated heterocycles. The SMILES string of the molecule is CCC(C1CO1)C(OC)C1CC2CCC1(C(OC)C(CC)C1CO1)C2. The molecule has 2 heterocycles. The quantitative estimate of drug-likeness (QED) is 0.563. The van der Waals surface area contributed by atoms with E-state index >= 15 is 0 Å². The van der Waals surface area contributed by atoms with Crippen LogP contribution in [0.3, 0.4) is 0 Å². The molecule has 144 valence electrons. The minimum absolute atomic E-state index is 0.273. The Bertz CT molecular complexity index is 461. The highest BCUT2D eigenvalue weighted by Gasteiger charge is 2.62. The second-order valence-corrected chi connectivity index (χ2v) is 8.93. The molecule has 4 heteroatoms. The van der Waals surface area contributed by atoms with Gasteiger partial charge in [0, 0.05) is 31.5 Å². The first kappa shape index (κ1) is 18.2. The molecule has 0 aromatic carbocycles. The van der Waals surface area contributed by atoms with Gasteiger partial charge >= 0.3 is 0 Å². The van der Waals surface area contributed by atoms with Gasteiger partial charge in [0.1, 0.15) is 0 Å². The van der Waals surface area contributed by atoms with Crippen molar-refractivity contribution in [2.24, 2.45) is 29.1 Å². The third-order valence-electron chi connectivity index (χ3n) is 7.93. The summed E-state index contributed by atoms with van der Waals surface area (Å²) in [6.45, 7) is 6.43. The van der Waals surface area contributed by atoms with E-state index in [9.17, 15) is 0 Å². The maximum atomic E-state index is 6.26. The Kier molecular flexibility index (Phi) is 5.18. The molecule has 9 unspecified atom stereocenters. The van der Waals surface area contributed by atoms with Gasteiger partial charge in [-0.2, -0.15) is 0 Å². The van der Waals surface area contributed by atoms with Crippen molar-refractivity contribution in [3.8, 4) is 0 Å². The molecule has 4 fully saturated rings. The highest BCUT2D eigenvalue weighted by molar-refractivity contribution is 5.11. The fourth-order valence-corrected chi connectivity index (χ4v) is 6.73. The standard InChI is InChI=1S/C21H36O4/c1-5-14(17-11-24-17)19(22-3)16-9-13-7-8-21(16,10-13)20(23-4)15(6-2)18-12-25-18/h13-20H,5-12H2,1-4H3. The van der Waals surface area contributed by atoms with E-state index < -0.39 is 0 Å². The smallest absolute Gasteiger partial charge is 0.0862 e. The zero-order valence-corrected chi connectivity index (χ0v) is 16.4. The molecule has 2 aliphatic heterocycles. The molecule has 0 aromatic rings. The van der Waals surface area contributed by atoms with E-state index in [0.717, 1.165) is 32.0 Å². The lowest BCUT2D eigenvalue weighted by molar-refractivity contribution is -0.124. The van der Waals surface area contributed by atoms with Gasteiger partial charge in [-0.25, -0.2) is 0 Å². The van der Waals surface area contributed by atoms with Crippen LogP contribution in [0.4, 0.5) is 0 Å². The summed E-state index contributed by atoms with van der Waals surface area (Å²) in [6.07, 6.45) is 9.02. The van der Waals surface area contributed by atoms with Crippen LogP contribution >= 0.6 is 0 Å². The Labute approximate surface area is 152 Å². The summed E-state index contributed by atoms with van der Waals surface area (Å²) in [5.41, 5.74) is 0.273. The predicted octanol–water partition coefficient (Wildman–Crippen LogP) is 3.67. The van der Waals surface area contributed by atoms with Crippen molar-refractivity contribution in [3.05, 3.63) is 0 Å². The maximum Gasteiger partial charge on any atom is 0.0862 e. The molecule has 25 heavy (non-hydrogen) atoms. The van der Waals surface area contributed by atoms with Crippen LogP contribution in [0, 0.1) is 29.1 Å². The summed E-state index contributed by atoms with van der Waals surface area (Å²) in [6, 6.07) is 0. The van der Waals surface area contributed by atoms with Crippen molar-refractivity contribution in [1.82, 2.24) is 0 Å². The Balaban J connectivity index is 1.62. The van der Waals surface area contributed by atoms with Crippen molar-refractivity contribution in [2.45, 2.75) is 76.8 Å². The first-order chi connectivity index (χ1) is 12.2. The lowest BCUT2D eigenvalue weighted by atomic mass is 9.62. The molecule has 9 atom stereocenters. The van der Waals surface area contributed by atoms with E-state index in [1.54, 1.807) is 0 Å². The zero-order chi connectivity index (χ0) is 17.6. The molecule has 2 aliphatic carbocycles. The van der Waals surface area contributed by atoms with E-state index in [1.165, 1.54) is 25.7 Å². The average molecular weight is 353 g/mol. The first-order valence-corrected chi connectivity index (χ1v) is 10.5. The van der Waals surface area contributed by atoms with Crippen LogP contribution in [0.25, 0.3) is 0 Å². The van der Waals surface area contributed by atoms with E-state index in [1.807, 2.05) is 14.2 Å². The van der Waals surface area contributed by atoms with Gasteiger partial charge in [-0.1, -0.05) is 13.8 Å². The molecule has 4 rings (SSSR count). The molecule has 4 aliphatic rings. The van der Waals surface area contributed by atoms with Gasteiger partial charge < -0.3 is 18.9 Å². The summed E-state index contributed by atoms with van der Waals surface area (Å²) in [7, 11) is 3.84. The fourth-order valence-electron chi connectivity index (χ4n) is 6.73. The number of fused-ring (bicyclic) bond motifs is 2. The molecule has 0 aromatic heterocycles. The molecule has 0 N–H and O–H groups in total. The lowest BCUT2D eigenvalue weighted by Crippen LogP contribution is -2.51. The van der Waals surface area contributed by atoms with Gasteiger partial charge in [0.05, 0.1) is 37.6 Å². The maximum absolute atomic E-state index is 6.26. The van der Waals surface area contributed by atoms with Crippen LogP contribution in [-0.4, -0.2) is 51.8 Å². The Morgan fingerprint density at radius 1 is 1.00 bits per heavy atom. The third-order valence-corrected chi connectivity index (χ3v) is 7.93. The van der Waals surface area contributed by atoms with Crippen LogP contribution in [0.5, 0.6) is 0 Å². The largest absolute Gasteiger partial charge is 0.381 e. The number of hydrogen-bond donors (Lipinski definition) is 0. The van der Waals surface area contributed by atoms with Gasteiger partial charge in [0.25, 0.3) is 0 Å². The number of methoxy groups -OCH3 is 2. The number of hydrogen-bond acceptors (Lipinski definition) is 4. The Morgan fingerprint density at radius 3 is 2.12 bits per heavy atom. The monoisotopic (exact) mass is 352 g/mol. The number of rotatable bonds is 10. The molecular formula is C21H36O4. The molecule has 0 spiro atoms. The molecule has 4 nitrogen and oxygen atoms in total. The van der Waals surface area contributed by atoms with Gasteiger partial charge in [0.15, 0.2) is 0 Å². The highest BCUT2D eigenvalue weighted by Crippen LogP contribution is 2.64. The number of epoxide rings is 2. The van der Waals surface area contributed by atoms with E-state index in [2.05, 4.69) is 13.8 Å². The molecule has 2 saturated carbocycles. The van der Waals surface area contributed by atoms with Crippen molar-refractivity contribution in [1.29, 1.82) is 0 Å². The van der Waals surface area contributed by atoms with Crippen LogP contribution in [0.2, 0.25) is 0 Å². The average Bonchev–Trinajstić information content (AvgIpc) is 3.56. The topological polar surface area (TPSA) is 43.5 Å². The highest BCUT2D eigenvalue weighted by atomic mass is 16.6. The van der Waals surface area contributed by atoms with Crippen LogP contribution in [0.15, 0.2) is 0 Å². The summed E-state index contributed by atoms with van der Waals surface area (Å²) >= 11 is 0. The second-order valence-electron chi connectivity index (χ2n) is 8.93. The van der Waals surface area contributed by atoms with E-state index in [-0.39, 0.29) is 5.41 Å². The first-order valence-electron chi connectivity index (χ1n) is 10.5. The molecule has 0 amide bonds. The lowest BCUT2D eigenvalue weighted by Gasteiger charge is -2.48. The molecule has 0 radical (unpaired) electrons. The van der Waals surface area contributed by atoms with Crippen LogP contribution < -0.4 is 0 Å². The van der Waals surface area contributed by atoms with E-state index in [0.29, 0.717) is 42.2 Å². The molecule has 2 bridgehead atoms. The normalized spacial score (nSPS) is 43.7. The van der Waals surface area contributed by atoms with E-state index in [4.69, 9.17) is 18.9 Å². The molecular weight excluding hydrogens is 316 g/mol. The summed E-state index contributed by atoms with van der Waals surface area (Å²) < 4.78 is 23.8. The third kappa shape index (κ3) is 3.07. The van der Waals surface area contributed by atoms with Gasteiger partial charge in [-0.05, 0) is 50.4 Å². The van der Waals surface area contributed by atoms with Crippen molar-refractivity contribution < 1.29 is 18.9 Å². The Hall–Kier alpha value is -0.160. The zero-order valence-electron chi connectivity index (χ0n) is 16.4. The van der Waals surface area contributed by atoms with Crippen molar-refractivity contribution in [3.63, 3.8) is 0 Å². The summed E-state index contributed by atoms with van der Waals surface area (Å²) in [4.78, 5) is 0. The van der Waals surface area contributed by atoms with Crippen LogP contribution in [-0.2, 0) is 18.9 Å². The minimum Gasteiger partial charge on any atom is -0.381 e. The Morgan fingerprint density at radius 2 is 1.64 bits per heavy atom. The second kappa shape index (κ2) is 7.10. The predicted molar refractivity (Wildman–Crippen MR) is 96.5 cm³/mol. The minimum atomic E-state index is 0.273. The van der Waals surface area contributed by atoms with Crippen LogP contribution in [0.1, 0.15) is 52.4 Å².